The lowest BCUT2D eigenvalue weighted by Gasteiger charge is -2.13. The Hall–Kier alpha value is -2.78. The van der Waals surface area contributed by atoms with Crippen LogP contribution in [0.5, 0.6) is 17.2 Å². The van der Waals surface area contributed by atoms with Gasteiger partial charge in [-0.3, -0.25) is 4.79 Å². The molecule has 0 heterocycles. The highest BCUT2D eigenvalue weighted by atomic mass is 32.2. The van der Waals surface area contributed by atoms with Gasteiger partial charge in [0.1, 0.15) is 17.2 Å². The monoisotopic (exact) mass is 422 g/mol. The molecule has 2 rings (SSSR count). The number of methoxy groups -OCH3 is 2. The van der Waals surface area contributed by atoms with E-state index in [1.54, 1.807) is 25.1 Å². The summed E-state index contributed by atoms with van der Waals surface area (Å²) in [5.74, 6) is 1.04. The van der Waals surface area contributed by atoms with Crippen LogP contribution in [0.15, 0.2) is 47.4 Å². The zero-order valence-corrected chi connectivity index (χ0v) is 17.7. The van der Waals surface area contributed by atoms with Gasteiger partial charge in [-0.2, -0.15) is 0 Å². The number of hydrogen-bond donors (Lipinski definition) is 2. The molecule has 0 saturated heterocycles. The fraction of sp³-hybridized carbons (Fsp3) is 0.350. The number of anilines is 1. The molecule has 158 valence electrons. The fourth-order valence-corrected chi connectivity index (χ4v) is 3.71. The number of carbonyl (C=O) groups is 1. The van der Waals surface area contributed by atoms with Crippen molar-refractivity contribution in [3.05, 3.63) is 42.5 Å². The van der Waals surface area contributed by atoms with E-state index in [1.165, 1.54) is 38.5 Å². The van der Waals surface area contributed by atoms with Gasteiger partial charge in [0.05, 0.1) is 24.8 Å². The van der Waals surface area contributed by atoms with Crippen LogP contribution in [0.4, 0.5) is 5.69 Å². The van der Waals surface area contributed by atoms with E-state index in [9.17, 15) is 13.2 Å². The summed E-state index contributed by atoms with van der Waals surface area (Å²) in [6.45, 7) is 3.44. The summed E-state index contributed by atoms with van der Waals surface area (Å²) in [4.78, 5) is 12.3. The summed E-state index contributed by atoms with van der Waals surface area (Å²) in [7, 11) is -0.559. The minimum Gasteiger partial charge on any atom is -0.497 e. The second-order valence-corrected chi connectivity index (χ2v) is 8.02. The Balaban J connectivity index is 1.97. The van der Waals surface area contributed by atoms with Crippen LogP contribution < -0.4 is 24.2 Å². The van der Waals surface area contributed by atoms with E-state index in [4.69, 9.17) is 14.2 Å². The first kappa shape index (κ1) is 22.5. The zero-order chi connectivity index (χ0) is 21.4. The van der Waals surface area contributed by atoms with E-state index in [-0.39, 0.29) is 17.5 Å². The Labute approximate surface area is 171 Å². The highest BCUT2D eigenvalue weighted by molar-refractivity contribution is 7.89. The van der Waals surface area contributed by atoms with Crippen molar-refractivity contribution >= 4 is 21.6 Å². The third-order valence-electron chi connectivity index (χ3n) is 4.15. The molecule has 29 heavy (non-hydrogen) atoms. The molecule has 0 aliphatic heterocycles. The predicted molar refractivity (Wildman–Crippen MR) is 110 cm³/mol. The summed E-state index contributed by atoms with van der Waals surface area (Å²) >= 11 is 0. The van der Waals surface area contributed by atoms with Crippen molar-refractivity contribution in [2.45, 2.75) is 31.2 Å². The number of nitrogens with one attached hydrogen (secondary N) is 2. The smallest absolute Gasteiger partial charge is 0.262 e. The second-order valence-electron chi connectivity index (χ2n) is 6.31. The molecule has 1 amide bonds. The van der Waals surface area contributed by atoms with Crippen LogP contribution >= 0.6 is 0 Å². The number of amides is 1. The van der Waals surface area contributed by atoms with Gasteiger partial charge in [0, 0.05) is 12.1 Å². The van der Waals surface area contributed by atoms with Gasteiger partial charge in [-0.1, -0.05) is 6.92 Å². The van der Waals surface area contributed by atoms with E-state index in [1.807, 2.05) is 6.92 Å². The second kappa shape index (κ2) is 10.1. The van der Waals surface area contributed by atoms with Crippen molar-refractivity contribution in [3.8, 4) is 17.2 Å². The zero-order valence-electron chi connectivity index (χ0n) is 16.9. The van der Waals surface area contributed by atoms with Gasteiger partial charge in [0.15, 0.2) is 6.61 Å². The average molecular weight is 423 g/mol. The molecule has 8 nitrogen and oxygen atoms in total. The topological polar surface area (TPSA) is 103 Å². The Kier molecular flexibility index (Phi) is 7.86. The van der Waals surface area contributed by atoms with Crippen molar-refractivity contribution in [1.29, 1.82) is 0 Å². The minimum absolute atomic E-state index is 0.135. The SMILES string of the molecule is CC[C@H](C)NS(=O)(=O)c1ccc(OCC(=O)Nc2cc(OC)ccc2OC)cc1. The van der Waals surface area contributed by atoms with Crippen molar-refractivity contribution in [1.82, 2.24) is 4.72 Å². The van der Waals surface area contributed by atoms with Crippen LogP contribution in [0.1, 0.15) is 20.3 Å². The van der Waals surface area contributed by atoms with Crippen LogP contribution in [0.2, 0.25) is 0 Å². The number of rotatable bonds is 10. The molecule has 2 N–H and O–H groups in total. The lowest BCUT2D eigenvalue weighted by atomic mass is 10.2. The number of sulfonamides is 1. The molecule has 0 aliphatic rings. The Morgan fingerprint density at radius 2 is 1.69 bits per heavy atom. The lowest BCUT2D eigenvalue weighted by molar-refractivity contribution is -0.118. The molecule has 0 unspecified atom stereocenters. The summed E-state index contributed by atoms with van der Waals surface area (Å²) in [5.41, 5.74) is 0.456. The molecule has 2 aromatic carbocycles. The van der Waals surface area contributed by atoms with E-state index < -0.39 is 15.9 Å². The average Bonchev–Trinajstić information content (AvgIpc) is 2.72. The first-order chi connectivity index (χ1) is 13.8. The van der Waals surface area contributed by atoms with Gasteiger partial charge in [0.2, 0.25) is 10.0 Å². The quantitative estimate of drug-likeness (QED) is 0.610. The summed E-state index contributed by atoms with van der Waals surface area (Å²) in [6, 6.07) is 10.8. The van der Waals surface area contributed by atoms with Crippen molar-refractivity contribution in [3.63, 3.8) is 0 Å². The molecule has 0 aliphatic carbocycles. The molecular weight excluding hydrogens is 396 g/mol. The van der Waals surface area contributed by atoms with Crippen LogP contribution in [0.25, 0.3) is 0 Å². The maximum Gasteiger partial charge on any atom is 0.262 e. The molecule has 0 spiro atoms. The summed E-state index contributed by atoms with van der Waals surface area (Å²) in [6.07, 6.45) is 0.688. The van der Waals surface area contributed by atoms with Crippen LogP contribution in [-0.4, -0.2) is 41.2 Å². The van der Waals surface area contributed by atoms with E-state index in [0.717, 1.165) is 0 Å². The summed E-state index contributed by atoms with van der Waals surface area (Å²) < 4.78 is 42.9. The first-order valence-electron chi connectivity index (χ1n) is 9.06. The van der Waals surface area contributed by atoms with Gasteiger partial charge in [-0.15, -0.1) is 0 Å². The standard InChI is InChI=1S/C20H26N2O6S/c1-5-14(2)22-29(24,25)17-9-6-15(7-10-17)28-13-20(23)21-18-12-16(26-3)8-11-19(18)27-4/h6-12,14,22H,5,13H2,1-4H3,(H,21,23)/t14-/m0/s1. The van der Waals surface area contributed by atoms with E-state index in [0.29, 0.717) is 29.4 Å². The number of ether oxygens (including phenoxy) is 3. The normalized spacial score (nSPS) is 12.1. The largest absolute Gasteiger partial charge is 0.497 e. The summed E-state index contributed by atoms with van der Waals surface area (Å²) in [5, 5.41) is 2.70. The molecular formula is C20H26N2O6S. The number of benzene rings is 2. The maximum atomic E-state index is 12.3. The number of carbonyl (C=O) groups excluding carboxylic acids is 1. The van der Waals surface area contributed by atoms with Crippen molar-refractivity contribution < 1.29 is 27.4 Å². The third kappa shape index (κ3) is 6.37. The molecule has 9 heteroatoms. The predicted octanol–water partition coefficient (Wildman–Crippen LogP) is 2.80. The molecule has 0 saturated carbocycles. The van der Waals surface area contributed by atoms with Crippen molar-refractivity contribution in [2.24, 2.45) is 0 Å². The Morgan fingerprint density at radius 3 is 2.28 bits per heavy atom. The van der Waals surface area contributed by atoms with Gasteiger partial charge in [-0.25, -0.2) is 13.1 Å². The van der Waals surface area contributed by atoms with Gasteiger partial charge < -0.3 is 19.5 Å². The highest BCUT2D eigenvalue weighted by Crippen LogP contribution is 2.28. The number of hydrogen-bond acceptors (Lipinski definition) is 6. The van der Waals surface area contributed by atoms with Crippen LogP contribution in [-0.2, 0) is 14.8 Å². The minimum atomic E-state index is -3.59. The molecule has 0 aromatic heterocycles. The molecule has 1 atom stereocenters. The molecule has 2 aromatic rings. The van der Waals surface area contributed by atoms with Gasteiger partial charge >= 0.3 is 0 Å². The third-order valence-corrected chi connectivity index (χ3v) is 5.76. The fourth-order valence-electron chi connectivity index (χ4n) is 2.38. The molecule has 0 fully saturated rings. The highest BCUT2D eigenvalue weighted by Gasteiger charge is 2.16. The van der Waals surface area contributed by atoms with E-state index >= 15 is 0 Å². The lowest BCUT2D eigenvalue weighted by Crippen LogP contribution is -2.31. The van der Waals surface area contributed by atoms with Gasteiger partial charge in [-0.05, 0) is 49.7 Å². The Morgan fingerprint density at radius 1 is 1.03 bits per heavy atom. The van der Waals surface area contributed by atoms with Crippen molar-refractivity contribution in [2.75, 3.05) is 26.1 Å². The van der Waals surface area contributed by atoms with Crippen LogP contribution in [0.3, 0.4) is 0 Å². The maximum absolute atomic E-state index is 12.3. The first-order valence-corrected chi connectivity index (χ1v) is 10.5. The molecule has 0 bridgehead atoms. The molecule has 0 radical (unpaired) electrons. The van der Waals surface area contributed by atoms with Crippen LogP contribution in [0, 0.1) is 0 Å². The van der Waals surface area contributed by atoms with Gasteiger partial charge in [0.25, 0.3) is 5.91 Å². The Bertz CT molecular complexity index is 928. The van der Waals surface area contributed by atoms with E-state index in [2.05, 4.69) is 10.0 Å².